The Bertz CT molecular complexity index is 487. The summed E-state index contributed by atoms with van der Waals surface area (Å²) < 4.78 is 0. The van der Waals surface area contributed by atoms with Crippen LogP contribution in [0.3, 0.4) is 0 Å². The minimum Gasteiger partial charge on any atom is -0.192 e. The number of aryl methyl sites for hydroxylation is 1. The molecule has 2 aromatic rings. The Hall–Kier alpha value is -1.70. The molecule has 0 atom stereocenters. The summed E-state index contributed by atoms with van der Waals surface area (Å²) >= 11 is 0. The highest BCUT2D eigenvalue weighted by Gasteiger charge is 2.02. The van der Waals surface area contributed by atoms with Crippen LogP contribution in [0.25, 0.3) is 10.8 Å². The molecule has 0 radical (unpaired) electrons. The average Bonchev–Trinajstić information content (AvgIpc) is 2.23. The van der Waals surface area contributed by atoms with E-state index in [2.05, 4.69) is 41.4 Å². The topological polar surface area (TPSA) is 24.7 Å². The molecule has 0 aliphatic carbocycles. The van der Waals surface area contributed by atoms with E-state index in [0.717, 1.165) is 16.6 Å². The summed E-state index contributed by atoms with van der Waals surface area (Å²) in [5, 5.41) is 10.4. The standard InChI is InChI=1S/C12H12N2/c1-9-7-8-10-5-3-4-6-11(10)12(9)14-13-2/h3-8H,1-2H3. The fourth-order valence-electron chi connectivity index (χ4n) is 1.60. The van der Waals surface area contributed by atoms with E-state index in [-0.39, 0.29) is 0 Å². The number of hydrogen-bond donors (Lipinski definition) is 0. The van der Waals surface area contributed by atoms with Crippen LogP contribution >= 0.6 is 0 Å². The Balaban J connectivity index is 2.82. The van der Waals surface area contributed by atoms with Gasteiger partial charge in [-0.2, -0.15) is 10.2 Å². The van der Waals surface area contributed by atoms with Crippen molar-refractivity contribution in [1.29, 1.82) is 0 Å². The van der Waals surface area contributed by atoms with Crippen LogP contribution in [0.15, 0.2) is 46.6 Å². The van der Waals surface area contributed by atoms with Gasteiger partial charge in [-0.25, -0.2) is 0 Å². The summed E-state index contributed by atoms with van der Waals surface area (Å²) in [6, 6.07) is 12.4. The molecule has 70 valence electrons. The van der Waals surface area contributed by atoms with Crippen molar-refractivity contribution >= 4 is 16.5 Å². The maximum Gasteiger partial charge on any atom is 0.0959 e. The Morgan fingerprint density at radius 3 is 2.57 bits per heavy atom. The Kier molecular flexibility index (Phi) is 2.27. The van der Waals surface area contributed by atoms with Gasteiger partial charge in [-0.05, 0) is 17.9 Å². The monoisotopic (exact) mass is 184 g/mol. The number of fused-ring (bicyclic) bond motifs is 1. The second-order valence-electron chi connectivity index (χ2n) is 3.25. The number of azo groups is 1. The molecular weight excluding hydrogens is 172 g/mol. The van der Waals surface area contributed by atoms with Gasteiger partial charge in [-0.15, -0.1) is 0 Å². The average molecular weight is 184 g/mol. The van der Waals surface area contributed by atoms with Crippen LogP contribution in [0.5, 0.6) is 0 Å². The number of hydrogen-bond acceptors (Lipinski definition) is 2. The van der Waals surface area contributed by atoms with Gasteiger partial charge in [0.1, 0.15) is 0 Å². The van der Waals surface area contributed by atoms with Crippen molar-refractivity contribution in [2.24, 2.45) is 10.2 Å². The molecule has 0 fully saturated rings. The normalized spacial score (nSPS) is 11.3. The fourth-order valence-corrected chi connectivity index (χ4v) is 1.60. The van der Waals surface area contributed by atoms with Crippen molar-refractivity contribution in [3.63, 3.8) is 0 Å². The lowest BCUT2D eigenvalue weighted by molar-refractivity contribution is 1.16. The lowest BCUT2D eigenvalue weighted by atomic mass is 10.1. The molecule has 2 aromatic carbocycles. The fraction of sp³-hybridized carbons (Fsp3) is 0.167. The van der Waals surface area contributed by atoms with Gasteiger partial charge in [0.25, 0.3) is 0 Å². The lowest BCUT2D eigenvalue weighted by Gasteiger charge is -2.03. The Morgan fingerprint density at radius 2 is 1.79 bits per heavy atom. The Morgan fingerprint density at radius 1 is 1.00 bits per heavy atom. The van der Waals surface area contributed by atoms with E-state index in [1.165, 1.54) is 5.39 Å². The molecule has 0 bridgehead atoms. The predicted octanol–water partition coefficient (Wildman–Crippen LogP) is 3.86. The van der Waals surface area contributed by atoms with Crippen LogP contribution in [0.4, 0.5) is 5.69 Å². The molecule has 0 aliphatic heterocycles. The third-order valence-corrected chi connectivity index (χ3v) is 2.30. The van der Waals surface area contributed by atoms with E-state index < -0.39 is 0 Å². The smallest absolute Gasteiger partial charge is 0.0959 e. The first kappa shape index (κ1) is 8.88. The van der Waals surface area contributed by atoms with Gasteiger partial charge < -0.3 is 0 Å². The molecule has 0 aromatic heterocycles. The maximum absolute atomic E-state index is 4.16. The maximum atomic E-state index is 4.16. The molecular formula is C12H12N2. The highest BCUT2D eigenvalue weighted by Crippen LogP contribution is 2.29. The van der Waals surface area contributed by atoms with Crippen molar-refractivity contribution in [3.8, 4) is 0 Å². The zero-order chi connectivity index (χ0) is 9.97. The van der Waals surface area contributed by atoms with E-state index in [9.17, 15) is 0 Å². The molecule has 2 heteroatoms. The highest BCUT2D eigenvalue weighted by molar-refractivity contribution is 5.93. The van der Waals surface area contributed by atoms with Crippen LogP contribution in [0.2, 0.25) is 0 Å². The lowest BCUT2D eigenvalue weighted by Crippen LogP contribution is -1.77. The van der Waals surface area contributed by atoms with Crippen LogP contribution in [0, 0.1) is 6.92 Å². The number of nitrogens with zero attached hydrogens (tertiary/aromatic N) is 2. The van der Waals surface area contributed by atoms with Gasteiger partial charge in [0.2, 0.25) is 0 Å². The molecule has 14 heavy (non-hydrogen) atoms. The first-order valence-electron chi connectivity index (χ1n) is 4.61. The van der Waals surface area contributed by atoms with E-state index in [4.69, 9.17) is 0 Å². The summed E-state index contributed by atoms with van der Waals surface area (Å²) in [5.41, 5.74) is 2.14. The van der Waals surface area contributed by atoms with Crippen LogP contribution in [0.1, 0.15) is 5.56 Å². The van der Waals surface area contributed by atoms with Gasteiger partial charge in [0.05, 0.1) is 5.69 Å². The first-order chi connectivity index (χ1) is 6.83. The molecule has 0 aliphatic rings. The predicted molar refractivity (Wildman–Crippen MR) is 59.1 cm³/mol. The highest BCUT2D eigenvalue weighted by atomic mass is 15.1. The first-order valence-corrected chi connectivity index (χ1v) is 4.61. The molecule has 0 spiro atoms. The third-order valence-electron chi connectivity index (χ3n) is 2.30. The van der Waals surface area contributed by atoms with Crippen LogP contribution in [-0.2, 0) is 0 Å². The second kappa shape index (κ2) is 3.58. The third kappa shape index (κ3) is 1.39. The van der Waals surface area contributed by atoms with Gasteiger partial charge in [-0.1, -0.05) is 36.4 Å². The molecule has 2 nitrogen and oxygen atoms in total. The number of benzene rings is 2. The number of rotatable bonds is 1. The summed E-state index contributed by atoms with van der Waals surface area (Å²) in [6.45, 7) is 2.05. The van der Waals surface area contributed by atoms with E-state index in [0.29, 0.717) is 0 Å². The van der Waals surface area contributed by atoms with Gasteiger partial charge in [0, 0.05) is 12.4 Å². The van der Waals surface area contributed by atoms with E-state index >= 15 is 0 Å². The van der Waals surface area contributed by atoms with Gasteiger partial charge >= 0.3 is 0 Å². The zero-order valence-corrected chi connectivity index (χ0v) is 8.36. The zero-order valence-electron chi connectivity index (χ0n) is 8.36. The van der Waals surface area contributed by atoms with Crippen molar-refractivity contribution in [1.82, 2.24) is 0 Å². The van der Waals surface area contributed by atoms with Crippen molar-refractivity contribution in [3.05, 3.63) is 42.0 Å². The van der Waals surface area contributed by atoms with Gasteiger partial charge in [-0.3, -0.25) is 0 Å². The Labute approximate surface area is 83.3 Å². The summed E-state index contributed by atoms with van der Waals surface area (Å²) in [5.74, 6) is 0. The van der Waals surface area contributed by atoms with Crippen molar-refractivity contribution < 1.29 is 0 Å². The molecule has 2 rings (SSSR count). The molecule has 0 unspecified atom stereocenters. The molecule has 0 saturated carbocycles. The molecule has 0 heterocycles. The molecule has 0 N–H and O–H groups in total. The summed E-state index contributed by atoms with van der Waals surface area (Å²) in [7, 11) is 1.70. The van der Waals surface area contributed by atoms with Gasteiger partial charge in [0.15, 0.2) is 0 Å². The summed E-state index contributed by atoms with van der Waals surface area (Å²) in [6.07, 6.45) is 0. The minimum atomic E-state index is 0.977. The van der Waals surface area contributed by atoms with E-state index in [1.54, 1.807) is 7.05 Å². The quantitative estimate of drug-likeness (QED) is 0.601. The second-order valence-corrected chi connectivity index (χ2v) is 3.25. The van der Waals surface area contributed by atoms with Crippen LogP contribution < -0.4 is 0 Å². The minimum absolute atomic E-state index is 0.977. The SMILES string of the molecule is CN=Nc1c(C)ccc2ccccc12. The molecule has 0 saturated heterocycles. The molecule has 0 amide bonds. The van der Waals surface area contributed by atoms with E-state index in [1.807, 2.05) is 12.1 Å². The van der Waals surface area contributed by atoms with Crippen molar-refractivity contribution in [2.75, 3.05) is 7.05 Å². The van der Waals surface area contributed by atoms with Crippen molar-refractivity contribution in [2.45, 2.75) is 6.92 Å². The largest absolute Gasteiger partial charge is 0.192 e. The van der Waals surface area contributed by atoms with Crippen LogP contribution in [-0.4, -0.2) is 7.05 Å². The summed E-state index contributed by atoms with van der Waals surface area (Å²) in [4.78, 5) is 0.